The van der Waals surface area contributed by atoms with Crippen molar-refractivity contribution >= 4 is 17.3 Å². The van der Waals surface area contributed by atoms with E-state index in [1.165, 1.54) is 18.2 Å². The smallest absolute Gasteiger partial charge is 0.273 e. The molecule has 2 aromatic rings. The lowest BCUT2D eigenvalue weighted by Gasteiger charge is -2.12. The fourth-order valence-electron chi connectivity index (χ4n) is 1.86. The number of hydrogen-bond acceptors (Lipinski definition) is 6. The molecule has 0 aliphatic heterocycles. The van der Waals surface area contributed by atoms with Gasteiger partial charge in [0.05, 0.1) is 4.92 Å². The normalized spacial score (nSPS) is 11.3. The zero-order chi connectivity index (χ0) is 17.2. The Balaban J connectivity index is 2.05. The number of nitrogens with zero attached hydrogens (tertiary/aromatic N) is 2. The molecule has 0 spiro atoms. The predicted molar refractivity (Wildman–Crippen MR) is 83.9 cm³/mol. The fourth-order valence-corrected chi connectivity index (χ4v) is 1.86. The third kappa shape index (κ3) is 3.85. The number of carbonyl (C=O) groups is 1. The summed E-state index contributed by atoms with van der Waals surface area (Å²) >= 11 is 0. The van der Waals surface area contributed by atoms with Crippen LogP contribution < -0.4 is 11.1 Å². The maximum Gasteiger partial charge on any atom is 0.273 e. The molecule has 2 rings (SSSR count). The summed E-state index contributed by atoms with van der Waals surface area (Å²) in [5.41, 5.74) is 6.43. The average Bonchev–Trinajstić information content (AvgIpc) is 2.95. The first-order valence-corrected chi connectivity index (χ1v) is 6.96. The molecule has 1 aromatic carbocycles. The van der Waals surface area contributed by atoms with E-state index in [1.807, 2.05) is 20.8 Å². The van der Waals surface area contributed by atoms with E-state index in [0.29, 0.717) is 11.3 Å². The summed E-state index contributed by atoms with van der Waals surface area (Å²) in [6.07, 6.45) is 0. The highest BCUT2D eigenvalue weighted by atomic mass is 16.6. The van der Waals surface area contributed by atoms with Crippen molar-refractivity contribution < 1.29 is 14.2 Å². The number of hydrogen-bond donors (Lipinski definition) is 2. The van der Waals surface area contributed by atoms with Gasteiger partial charge in [-0.25, -0.2) is 0 Å². The van der Waals surface area contributed by atoms with Gasteiger partial charge in [0.15, 0.2) is 5.69 Å². The van der Waals surface area contributed by atoms with Crippen molar-refractivity contribution in [3.05, 3.63) is 51.4 Å². The number of rotatable bonds is 4. The molecule has 8 heteroatoms. The molecular weight excluding hydrogens is 300 g/mol. The zero-order valence-corrected chi connectivity index (χ0v) is 13.1. The maximum atomic E-state index is 12.1. The summed E-state index contributed by atoms with van der Waals surface area (Å²) in [7, 11) is 0. The first-order chi connectivity index (χ1) is 10.7. The molecule has 1 heterocycles. The maximum absolute atomic E-state index is 12.1. The molecule has 0 fully saturated rings. The summed E-state index contributed by atoms with van der Waals surface area (Å²) in [6, 6.07) is 5.70. The summed E-state index contributed by atoms with van der Waals surface area (Å²) in [5, 5.41) is 17.1. The van der Waals surface area contributed by atoms with Crippen LogP contribution in [0.3, 0.4) is 0 Å². The molecule has 0 radical (unpaired) electrons. The standard InChI is InChI=1S/C15H18N4O4/c1-15(2,3)13-7-12(18-23-13)14(20)17-8-9-4-5-10(19(21)22)6-11(9)16/h4-7H,8,16H2,1-3H3,(H,17,20). The molecule has 1 amide bonds. The Morgan fingerprint density at radius 1 is 1.39 bits per heavy atom. The van der Waals surface area contributed by atoms with Crippen LogP contribution in [0.1, 0.15) is 42.6 Å². The largest absolute Gasteiger partial charge is 0.398 e. The lowest BCUT2D eigenvalue weighted by Crippen LogP contribution is -2.23. The van der Waals surface area contributed by atoms with E-state index in [0.717, 1.165) is 0 Å². The van der Waals surface area contributed by atoms with E-state index in [4.69, 9.17) is 10.3 Å². The van der Waals surface area contributed by atoms with E-state index in [2.05, 4.69) is 10.5 Å². The molecular formula is C15H18N4O4. The van der Waals surface area contributed by atoms with E-state index >= 15 is 0 Å². The molecule has 0 aliphatic carbocycles. The topological polar surface area (TPSA) is 124 Å². The first-order valence-electron chi connectivity index (χ1n) is 6.96. The second-order valence-electron chi connectivity index (χ2n) is 6.15. The van der Waals surface area contributed by atoms with Gasteiger partial charge in [-0.1, -0.05) is 25.9 Å². The lowest BCUT2D eigenvalue weighted by atomic mass is 9.93. The molecule has 23 heavy (non-hydrogen) atoms. The minimum Gasteiger partial charge on any atom is -0.398 e. The number of benzene rings is 1. The van der Waals surface area contributed by atoms with Crippen molar-refractivity contribution in [1.82, 2.24) is 10.5 Å². The summed E-state index contributed by atoms with van der Waals surface area (Å²) in [4.78, 5) is 22.2. The second-order valence-corrected chi connectivity index (χ2v) is 6.15. The van der Waals surface area contributed by atoms with E-state index in [9.17, 15) is 14.9 Å². The van der Waals surface area contributed by atoms with Gasteiger partial charge in [0, 0.05) is 35.8 Å². The fraction of sp³-hybridized carbons (Fsp3) is 0.333. The predicted octanol–water partition coefficient (Wildman–Crippen LogP) is 2.39. The van der Waals surface area contributed by atoms with Crippen molar-refractivity contribution in [2.24, 2.45) is 0 Å². The number of nitrogens with one attached hydrogen (secondary N) is 1. The molecule has 0 bridgehead atoms. The van der Waals surface area contributed by atoms with Gasteiger partial charge < -0.3 is 15.6 Å². The van der Waals surface area contributed by atoms with Crippen molar-refractivity contribution in [2.45, 2.75) is 32.7 Å². The van der Waals surface area contributed by atoms with Gasteiger partial charge in [-0.2, -0.15) is 0 Å². The highest BCUT2D eigenvalue weighted by molar-refractivity contribution is 5.92. The van der Waals surface area contributed by atoms with Crippen molar-refractivity contribution in [2.75, 3.05) is 5.73 Å². The van der Waals surface area contributed by atoms with Gasteiger partial charge >= 0.3 is 0 Å². The van der Waals surface area contributed by atoms with E-state index in [1.54, 1.807) is 6.07 Å². The molecule has 0 aliphatic rings. The highest BCUT2D eigenvalue weighted by Crippen LogP contribution is 2.23. The Morgan fingerprint density at radius 2 is 2.09 bits per heavy atom. The highest BCUT2D eigenvalue weighted by Gasteiger charge is 2.22. The van der Waals surface area contributed by atoms with Crippen molar-refractivity contribution in [1.29, 1.82) is 0 Å². The van der Waals surface area contributed by atoms with Crippen LogP contribution in [0.15, 0.2) is 28.8 Å². The second kappa shape index (κ2) is 6.07. The number of anilines is 1. The van der Waals surface area contributed by atoms with Gasteiger partial charge in [-0.3, -0.25) is 14.9 Å². The van der Waals surface area contributed by atoms with E-state index < -0.39 is 10.8 Å². The number of nitro groups is 1. The quantitative estimate of drug-likeness (QED) is 0.506. The number of nitrogens with two attached hydrogens (primary N) is 1. The zero-order valence-electron chi connectivity index (χ0n) is 13.1. The summed E-state index contributed by atoms with van der Waals surface area (Å²) in [5.74, 6) is 0.208. The Labute approximate surface area is 132 Å². The van der Waals surface area contributed by atoms with Gasteiger partial charge in [-0.05, 0) is 11.6 Å². The average molecular weight is 318 g/mol. The van der Waals surface area contributed by atoms with Crippen LogP contribution in [0.5, 0.6) is 0 Å². The summed E-state index contributed by atoms with van der Waals surface area (Å²) < 4.78 is 5.16. The monoisotopic (exact) mass is 318 g/mol. The van der Waals surface area contributed by atoms with Crippen LogP contribution in [-0.2, 0) is 12.0 Å². The Bertz CT molecular complexity index is 746. The summed E-state index contributed by atoms with van der Waals surface area (Å²) in [6.45, 7) is 5.99. The molecule has 8 nitrogen and oxygen atoms in total. The van der Waals surface area contributed by atoms with Crippen molar-refractivity contribution in [3.8, 4) is 0 Å². The molecule has 1 aromatic heterocycles. The Hall–Kier alpha value is -2.90. The first kappa shape index (κ1) is 16.5. The van der Waals surface area contributed by atoms with Crippen LogP contribution in [0.2, 0.25) is 0 Å². The number of carbonyl (C=O) groups excluding carboxylic acids is 1. The third-order valence-corrected chi connectivity index (χ3v) is 3.26. The van der Waals surface area contributed by atoms with Gasteiger partial charge in [-0.15, -0.1) is 0 Å². The lowest BCUT2D eigenvalue weighted by molar-refractivity contribution is -0.384. The van der Waals surface area contributed by atoms with Gasteiger partial charge in [0.25, 0.3) is 11.6 Å². The number of nitro benzene ring substituents is 1. The minimum absolute atomic E-state index is 0.0936. The molecule has 3 N–H and O–H groups in total. The molecule has 122 valence electrons. The number of non-ortho nitro benzene ring substituents is 1. The van der Waals surface area contributed by atoms with Crippen LogP contribution in [-0.4, -0.2) is 16.0 Å². The molecule has 0 atom stereocenters. The van der Waals surface area contributed by atoms with Gasteiger partial charge in [0.1, 0.15) is 5.76 Å². The molecule has 0 saturated heterocycles. The van der Waals surface area contributed by atoms with Gasteiger partial charge in [0.2, 0.25) is 0 Å². The number of nitrogen functional groups attached to an aromatic ring is 1. The molecule has 0 unspecified atom stereocenters. The minimum atomic E-state index is -0.526. The van der Waals surface area contributed by atoms with Crippen LogP contribution >= 0.6 is 0 Å². The molecule has 0 saturated carbocycles. The van der Waals surface area contributed by atoms with Crippen LogP contribution in [0, 0.1) is 10.1 Å². The Morgan fingerprint density at radius 3 is 2.61 bits per heavy atom. The van der Waals surface area contributed by atoms with Crippen LogP contribution in [0.4, 0.5) is 11.4 Å². The van der Waals surface area contributed by atoms with E-state index in [-0.39, 0.29) is 29.0 Å². The number of amides is 1. The van der Waals surface area contributed by atoms with Crippen molar-refractivity contribution in [3.63, 3.8) is 0 Å². The van der Waals surface area contributed by atoms with Crippen LogP contribution in [0.25, 0.3) is 0 Å². The SMILES string of the molecule is CC(C)(C)c1cc(C(=O)NCc2ccc([N+](=O)[O-])cc2N)no1. The third-order valence-electron chi connectivity index (χ3n) is 3.26. The number of aromatic nitrogens is 1. The Kier molecular flexibility index (Phi) is 4.35.